The summed E-state index contributed by atoms with van der Waals surface area (Å²) >= 11 is 0. The zero-order valence-electron chi connectivity index (χ0n) is 8.07. The van der Waals surface area contributed by atoms with Gasteiger partial charge in [-0.3, -0.25) is 4.57 Å². The third-order valence-corrected chi connectivity index (χ3v) is 3.73. The Morgan fingerprint density at radius 2 is 2.00 bits per heavy atom. The van der Waals surface area contributed by atoms with Crippen molar-refractivity contribution in [1.82, 2.24) is 0 Å². The molecule has 14 heavy (non-hydrogen) atoms. The molecule has 0 spiro atoms. The van der Waals surface area contributed by atoms with Crippen molar-refractivity contribution >= 4 is 12.9 Å². The van der Waals surface area contributed by atoms with Gasteiger partial charge in [-0.15, -0.1) is 0 Å². The normalized spacial score (nSPS) is 11.6. The molecule has 0 aliphatic rings. The Bertz CT molecular complexity index is 346. The van der Waals surface area contributed by atoms with Gasteiger partial charge in [-0.1, -0.05) is 12.1 Å². The van der Waals surface area contributed by atoms with E-state index < -0.39 is 14.3 Å². The monoisotopic (exact) mass is 218 g/mol. The third kappa shape index (κ3) is 2.21. The van der Waals surface area contributed by atoms with Gasteiger partial charge in [0.15, 0.2) is 0 Å². The molecule has 1 rings (SSSR count). The van der Waals surface area contributed by atoms with Crippen LogP contribution in [-0.2, 0) is 20.3 Å². The Morgan fingerprint density at radius 3 is 2.50 bits per heavy atom. The number of halogens is 1. The van der Waals surface area contributed by atoms with Gasteiger partial charge in [0.1, 0.15) is 6.67 Å². The summed E-state index contributed by atoms with van der Waals surface area (Å²) in [7, 11) is -0.644. The van der Waals surface area contributed by atoms with Gasteiger partial charge in [-0.2, -0.15) is 0 Å². The fourth-order valence-electron chi connectivity index (χ4n) is 1.10. The lowest BCUT2D eigenvalue weighted by Crippen LogP contribution is -2.08. The predicted molar refractivity (Wildman–Crippen MR) is 52.5 cm³/mol. The van der Waals surface area contributed by atoms with Gasteiger partial charge in [-0.05, 0) is 17.7 Å². The molecule has 1 aromatic carbocycles. The van der Waals surface area contributed by atoms with Gasteiger partial charge in [0.05, 0.1) is 5.30 Å². The highest BCUT2D eigenvalue weighted by Crippen LogP contribution is 2.44. The van der Waals surface area contributed by atoms with Crippen molar-refractivity contribution in [3.05, 3.63) is 29.8 Å². The van der Waals surface area contributed by atoms with Crippen LogP contribution in [-0.4, -0.2) is 14.2 Å². The maximum Gasteiger partial charge on any atom is 0.360 e. The van der Waals surface area contributed by atoms with E-state index in [-0.39, 0.29) is 0 Å². The van der Waals surface area contributed by atoms with E-state index in [1.165, 1.54) is 20.3 Å². The summed E-state index contributed by atoms with van der Waals surface area (Å²) in [5, 5.41) is 0.373. The standard InChI is InChI=1S/C9H12FO3P/c1-12-14(11,13-2)9-5-3-4-8(6-9)7-10/h3-6H,7H2,1-2H3. The quantitative estimate of drug-likeness (QED) is 0.727. The van der Waals surface area contributed by atoms with Gasteiger partial charge in [0.2, 0.25) is 0 Å². The Kier molecular flexibility index (Phi) is 3.81. The SMILES string of the molecule is COP(=O)(OC)c1cccc(CF)c1. The molecule has 0 unspecified atom stereocenters. The molecule has 3 nitrogen and oxygen atoms in total. The predicted octanol–water partition coefficient (Wildman–Crippen LogP) is 2.27. The lowest BCUT2D eigenvalue weighted by Gasteiger charge is -2.13. The summed E-state index contributed by atoms with van der Waals surface area (Å²) < 4.78 is 33.8. The molecule has 5 heteroatoms. The third-order valence-electron chi connectivity index (χ3n) is 1.86. The summed E-state index contributed by atoms with van der Waals surface area (Å²) in [6.07, 6.45) is 0. The molecule has 0 atom stereocenters. The number of hydrogen-bond acceptors (Lipinski definition) is 3. The maximum atomic E-state index is 12.3. The first kappa shape index (κ1) is 11.4. The van der Waals surface area contributed by atoms with Gasteiger partial charge in [-0.25, -0.2) is 4.39 Å². The zero-order chi connectivity index (χ0) is 10.6. The molecule has 0 N–H and O–H groups in total. The van der Waals surface area contributed by atoms with Crippen molar-refractivity contribution in [1.29, 1.82) is 0 Å². The molecule has 0 amide bonds. The molecule has 0 aliphatic carbocycles. The largest absolute Gasteiger partial charge is 0.360 e. The average molecular weight is 218 g/mol. The molecule has 0 aliphatic heterocycles. The molecule has 0 saturated carbocycles. The Labute approximate surface area is 82.4 Å². The van der Waals surface area contributed by atoms with E-state index in [1.54, 1.807) is 18.2 Å². The first-order chi connectivity index (χ1) is 6.66. The molecular weight excluding hydrogens is 206 g/mol. The van der Waals surface area contributed by atoms with E-state index >= 15 is 0 Å². The van der Waals surface area contributed by atoms with Gasteiger partial charge in [0, 0.05) is 14.2 Å². The second kappa shape index (κ2) is 4.69. The molecule has 78 valence electrons. The van der Waals surface area contributed by atoms with Crippen LogP contribution in [0.25, 0.3) is 0 Å². The van der Waals surface area contributed by atoms with Crippen LogP contribution in [0, 0.1) is 0 Å². The van der Waals surface area contributed by atoms with Crippen molar-refractivity contribution in [3.8, 4) is 0 Å². The lowest BCUT2D eigenvalue weighted by molar-refractivity contribution is 0.287. The van der Waals surface area contributed by atoms with E-state index in [0.717, 1.165) is 0 Å². The molecule has 0 saturated heterocycles. The van der Waals surface area contributed by atoms with Gasteiger partial charge in [0.25, 0.3) is 0 Å². The molecule has 0 aromatic heterocycles. The minimum atomic E-state index is -3.24. The van der Waals surface area contributed by atoms with Crippen LogP contribution in [0.5, 0.6) is 0 Å². The zero-order valence-corrected chi connectivity index (χ0v) is 8.96. The number of alkyl halides is 1. The number of rotatable bonds is 4. The minimum absolute atomic E-state index is 0.373. The van der Waals surface area contributed by atoms with Gasteiger partial charge < -0.3 is 9.05 Å². The number of hydrogen-bond donors (Lipinski definition) is 0. The second-order valence-electron chi connectivity index (χ2n) is 2.67. The van der Waals surface area contributed by atoms with E-state index in [4.69, 9.17) is 9.05 Å². The Balaban J connectivity index is 3.11. The maximum absolute atomic E-state index is 12.3. The topological polar surface area (TPSA) is 35.5 Å². The lowest BCUT2D eigenvalue weighted by atomic mass is 10.2. The second-order valence-corrected chi connectivity index (χ2v) is 4.91. The average Bonchev–Trinajstić information content (AvgIpc) is 2.28. The van der Waals surface area contributed by atoms with Crippen molar-refractivity contribution < 1.29 is 18.0 Å². The fourth-order valence-corrected chi connectivity index (χ4v) is 2.26. The van der Waals surface area contributed by atoms with Crippen molar-refractivity contribution in [3.63, 3.8) is 0 Å². The van der Waals surface area contributed by atoms with Crippen molar-refractivity contribution in [2.45, 2.75) is 6.67 Å². The fraction of sp³-hybridized carbons (Fsp3) is 0.333. The Hall–Kier alpha value is -0.700. The van der Waals surface area contributed by atoms with Crippen LogP contribution in [0.2, 0.25) is 0 Å². The van der Waals surface area contributed by atoms with Crippen LogP contribution in [0.15, 0.2) is 24.3 Å². The highest BCUT2D eigenvalue weighted by molar-refractivity contribution is 7.62. The first-order valence-electron chi connectivity index (χ1n) is 4.03. The van der Waals surface area contributed by atoms with Crippen LogP contribution in [0.1, 0.15) is 5.56 Å². The summed E-state index contributed by atoms with van der Waals surface area (Å²) in [5.74, 6) is 0. The highest BCUT2D eigenvalue weighted by Gasteiger charge is 2.24. The summed E-state index contributed by atoms with van der Waals surface area (Å²) in [6, 6.07) is 6.30. The van der Waals surface area contributed by atoms with E-state index in [1.807, 2.05) is 0 Å². The van der Waals surface area contributed by atoms with Crippen molar-refractivity contribution in [2.75, 3.05) is 14.2 Å². The smallest absolute Gasteiger partial charge is 0.309 e. The Morgan fingerprint density at radius 1 is 1.36 bits per heavy atom. The van der Waals surface area contributed by atoms with E-state index in [2.05, 4.69) is 0 Å². The summed E-state index contributed by atoms with van der Waals surface area (Å²) in [6.45, 7) is -0.596. The van der Waals surface area contributed by atoms with Crippen LogP contribution in [0.4, 0.5) is 4.39 Å². The van der Waals surface area contributed by atoms with Crippen molar-refractivity contribution in [2.24, 2.45) is 0 Å². The molecule has 0 fully saturated rings. The minimum Gasteiger partial charge on any atom is -0.309 e. The molecule has 1 aromatic rings. The summed E-state index contributed by atoms with van der Waals surface area (Å²) in [5.41, 5.74) is 0.455. The number of benzene rings is 1. The van der Waals surface area contributed by atoms with Crippen LogP contribution in [0.3, 0.4) is 0 Å². The molecule has 0 heterocycles. The van der Waals surface area contributed by atoms with Gasteiger partial charge >= 0.3 is 7.60 Å². The highest BCUT2D eigenvalue weighted by atomic mass is 31.2. The van der Waals surface area contributed by atoms with E-state index in [0.29, 0.717) is 10.9 Å². The molecule has 0 bridgehead atoms. The van der Waals surface area contributed by atoms with Crippen LogP contribution >= 0.6 is 7.60 Å². The molecule has 0 radical (unpaired) electrons. The van der Waals surface area contributed by atoms with E-state index in [9.17, 15) is 8.96 Å². The first-order valence-corrected chi connectivity index (χ1v) is 5.57. The summed E-state index contributed by atoms with van der Waals surface area (Å²) in [4.78, 5) is 0. The molecular formula is C9H12FO3P. The van der Waals surface area contributed by atoms with Crippen LogP contribution < -0.4 is 5.30 Å².